The van der Waals surface area contributed by atoms with Gasteiger partial charge in [0, 0.05) is 23.8 Å². The summed E-state index contributed by atoms with van der Waals surface area (Å²) in [6.07, 6.45) is 7.90. The summed E-state index contributed by atoms with van der Waals surface area (Å²) in [6.45, 7) is 3.22. The molecule has 0 fully saturated rings. The van der Waals surface area contributed by atoms with Crippen LogP contribution in [0.4, 0.5) is 0 Å². The number of nitrogens with two attached hydrogens (primary N) is 1. The normalized spacial score (nSPS) is 21.7. The maximum Gasteiger partial charge on any atom is 0.0540 e. The largest absolute Gasteiger partial charge is 0.324 e. The van der Waals surface area contributed by atoms with Gasteiger partial charge in [-0.05, 0) is 25.7 Å². The second-order valence-electron chi connectivity index (χ2n) is 4.12. The first-order valence-electron chi connectivity index (χ1n) is 5.63. The number of fused-ring (bicyclic) bond motifs is 1. The number of hydrogen-bond acceptors (Lipinski definition) is 2. The minimum absolute atomic E-state index is 0.220. The molecule has 3 heteroatoms. The first-order valence-corrected chi connectivity index (χ1v) is 5.63. The van der Waals surface area contributed by atoms with E-state index in [1.807, 2.05) is 6.20 Å². The quantitative estimate of drug-likeness (QED) is 0.730. The Hall–Kier alpha value is -0.830. The Morgan fingerprint density at radius 2 is 2.43 bits per heavy atom. The Morgan fingerprint density at radius 1 is 1.57 bits per heavy atom. The molecular weight excluding hydrogens is 174 g/mol. The molecule has 78 valence electrons. The highest BCUT2D eigenvalue weighted by molar-refractivity contribution is 5.23. The summed E-state index contributed by atoms with van der Waals surface area (Å²) in [5, 5.41) is 4.42. The van der Waals surface area contributed by atoms with Crippen LogP contribution in [-0.2, 0) is 13.0 Å². The van der Waals surface area contributed by atoms with Crippen molar-refractivity contribution in [3.05, 3.63) is 17.5 Å². The van der Waals surface area contributed by atoms with Gasteiger partial charge in [0.1, 0.15) is 0 Å². The molecule has 1 aromatic rings. The lowest BCUT2D eigenvalue weighted by atomic mass is 10.1. The molecule has 0 amide bonds. The summed E-state index contributed by atoms with van der Waals surface area (Å²) in [4.78, 5) is 0. The predicted molar refractivity (Wildman–Crippen MR) is 57.0 cm³/mol. The molecule has 1 unspecified atom stereocenters. The van der Waals surface area contributed by atoms with E-state index < -0.39 is 0 Å². The smallest absolute Gasteiger partial charge is 0.0540 e. The molecule has 0 saturated heterocycles. The molecule has 1 aliphatic rings. The Bertz CT molecular complexity index is 303. The Labute approximate surface area is 85.3 Å². The second kappa shape index (κ2) is 4.13. The summed E-state index contributed by atoms with van der Waals surface area (Å²) in [7, 11) is 0. The molecule has 1 atom stereocenters. The molecule has 1 aliphatic carbocycles. The van der Waals surface area contributed by atoms with E-state index in [-0.39, 0.29) is 6.04 Å². The van der Waals surface area contributed by atoms with E-state index in [0.717, 1.165) is 25.8 Å². The van der Waals surface area contributed by atoms with Gasteiger partial charge in [-0.3, -0.25) is 4.68 Å². The van der Waals surface area contributed by atoms with Gasteiger partial charge in [-0.25, -0.2) is 0 Å². The average Bonchev–Trinajstić information content (AvgIpc) is 2.47. The Balaban J connectivity index is 2.30. The summed E-state index contributed by atoms with van der Waals surface area (Å²) < 4.78 is 2.14. The molecule has 0 aliphatic heterocycles. The fraction of sp³-hybridized carbons (Fsp3) is 0.727. The van der Waals surface area contributed by atoms with Gasteiger partial charge < -0.3 is 5.73 Å². The SMILES string of the molecule is CCCn1ncc2c1CCCCC2N. The van der Waals surface area contributed by atoms with E-state index in [9.17, 15) is 0 Å². The molecule has 2 rings (SSSR count). The summed E-state index contributed by atoms with van der Waals surface area (Å²) >= 11 is 0. The van der Waals surface area contributed by atoms with Crippen LogP contribution < -0.4 is 5.73 Å². The highest BCUT2D eigenvalue weighted by atomic mass is 15.3. The predicted octanol–water partition coefficient (Wildman–Crippen LogP) is 2.02. The minimum Gasteiger partial charge on any atom is -0.324 e. The highest BCUT2D eigenvalue weighted by Crippen LogP contribution is 2.26. The monoisotopic (exact) mass is 193 g/mol. The molecule has 0 spiro atoms. The van der Waals surface area contributed by atoms with Crippen LogP contribution in [0.15, 0.2) is 6.20 Å². The maximum atomic E-state index is 6.10. The number of nitrogens with zero attached hydrogens (tertiary/aromatic N) is 2. The van der Waals surface area contributed by atoms with Gasteiger partial charge in [0.05, 0.1) is 6.20 Å². The zero-order valence-electron chi connectivity index (χ0n) is 8.87. The fourth-order valence-corrected chi connectivity index (χ4v) is 2.22. The van der Waals surface area contributed by atoms with Crippen molar-refractivity contribution in [1.29, 1.82) is 0 Å². The van der Waals surface area contributed by atoms with Gasteiger partial charge >= 0.3 is 0 Å². The van der Waals surface area contributed by atoms with Crippen LogP contribution in [0.1, 0.15) is 49.9 Å². The van der Waals surface area contributed by atoms with E-state index in [0.29, 0.717) is 0 Å². The van der Waals surface area contributed by atoms with E-state index in [4.69, 9.17) is 5.73 Å². The molecule has 2 N–H and O–H groups in total. The van der Waals surface area contributed by atoms with E-state index in [1.165, 1.54) is 24.1 Å². The van der Waals surface area contributed by atoms with Crippen LogP contribution in [0.25, 0.3) is 0 Å². The van der Waals surface area contributed by atoms with Crippen LogP contribution >= 0.6 is 0 Å². The number of aryl methyl sites for hydroxylation is 1. The average molecular weight is 193 g/mol. The van der Waals surface area contributed by atoms with Crippen molar-refractivity contribution >= 4 is 0 Å². The topological polar surface area (TPSA) is 43.8 Å². The lowest BCUT2D eigenvalue weighted by molar-refractivity contribution is 0.564. The van der Waals surface area contributed by atoms with Gasteiger partial charge in [-0.2, -0.15) is 5.10 Å². The molecule has 0 bridgehead atoms. The van der Waals surface area contributed by atoms with Crippen molar-refractivity contribution in [2.45, 2.75) is 51.6 Å². The third-order valence-corrected chi connectivity index (χ3v) is 2.99. The summed E-state index contributed by atoms with van der Waals surface area (Å²) in [5.74, 6) is 0. The van der Waals surface area contributed by atoms with Gasteiger partial charge in [0.25, 0.3) is 0 Å². The minimum atomic E-state index is 0.220. The van der Waals surface area contributed by atoms with Crippen molar-refractivity contribution in [3.63, 3.8) is 0 Å². The van der Waals surface area contributed by atoms with Crippen molar-refractivity contribution in [3.8, 4) is 0 Å². The molecular formula is C11H19N3. The molecule has 0 aromatic carbocycles. The molecule has 0 radical (unpaired) electrons. The molecule has 3 nitrogen and oxygen atoms in total. The van der Waals surface area contributed by atoms with E-state index in [2.05, 4.69) is 16.7 Å². The highest BCUT2D eigenvalue weighted by Gasteiger charge is 2.19. The summed E-state index contributed by atoms with van der Waals surface area (Å²) in [6, 6.07) is 0.220. The maximum absolute atomic E-state index is 6.10. The van der Waals surface area contributed by atoms with Crippen LogP contribution in [-0.4, -0.2) is 9.78 Å². The third kappa shape index (κ3) is 1.69. The van der Waals surface area contributed by atoms with Crippen LogP contribution in [0, 0.1) is 0 Å². The first kappa shape index (κ1) is 9.71. The van der Waals surface area contributed by atoms with Gasteiger partial charge in [0.15, 0.2) is 0 Å². The van der Waals surface area contributed by atoms with Gasteiger partial charge in [-0.15, -0.1) is 0 Å². The zero-order chi connectivity index (χ0) is 9.97. The van der Waals surface area contributed by atoms with Crippen molar-refractivity contribution in [2.24, 2.45) is 5.73 Å². The number of aromatic nitrogens is 2. The summed E-state index contributed by atoms with van der Waals surface area (Å²) in [5.41, 5.74) is 8.78. The second-order valence-corrected chi connectivity index (χ2v) is 4.12. The molecule has 14 heavy (non-hydrogen) atoms. The van der Waals surface area contributed by atoms with Crippen molar-refractivity contribution in [1.82, 2.24) is 9.78 Å². The van der Waals surface area contributed by atoms with Crippen LogP contribution in [0.5, 0.6) is 0 Å². The third-order valence-electron chi connectivity index (χ3n) is 2.99. The van der Waals surface area contributed by atoms with Crippen molar-refractivity contribution in [2.75, 3.05) is 0 Å². The zero-order valence-corrected chi connectivity index (χ0v) is 8.87. The lowest BCUT2D eigenvalue weighted by Crippen LogP contribution is -2.10. The van der Waals surface area contributed by atoms with Crippen molar-refractivity contribution < 1.29 is 0 Å². The van der Waals surface area contributed by atoms with E-state index >= 15 is 0 Å². The lowest BCUT2D eigenvalue weighted by Gasteiger charge is -2.08. The Morgan fingerprint density at radius 3 is 3.21 bits per heavy atom. The first-order chi connectivity index (χ1) is 6.83. The number of rotatable bonds is 2. The van der Waals surface area contributed by atoms with Gasteiger partial charge in [-0.1, -0.05) is 13.3 Å². The van der Waals surface area contributed by atoms with Crippen LogP contribution in [0.2, 0.25) is 0 Å². The van der Waals surface area contributed by atoms with Gasteiger partial charge in [0.2, 0.25) is 0 Å². The standard InChI is InChI=1S/C11H19N3/c1-2-7-14-11-6-4-3-5-10(12)9(11)8-13-14/h8,10H,2-7,12H2,1H3. The molecule has 1 aromatic heterocycles. The fourth-order valence-electron chi connectivity index (χ4n) is 2.22. The van der Waals surface area contributed by atoms with E-state index in [1.54, 1.807) is 0 Å². The molecule has 0 saturated carbocycles. The van der Waals surface area contributed by atoms with Crippen LogP contribution in [0.3, 0.4) is 0 Å². The molecule has 1 heterocycles. The number of hydrogen-bond donors (Lipinski definition) is 1. The Kier molecular flexibility index (Phi) is 2.87.